The van der Waals surface area contributed by atoms with Gasteiger partial charge in [0, 0.05) is 18.9 Å². The van der Waals surface area contributed by atoms with Crippen LogP contribution in [0.25, 0.3) is 0 Å². The topological polar surface area (TPSA) is 58.0 Å². The molecule has 0 aliphatic carbocycles. The molecule has 0 spiro atoms. The molecular formula is C9H15N3OS. The lowest BCUT2D eigenvalue weighted by atomic mass is 10.5. The number of thioether (sulfide) groups is 1. The van der Waals surface area contributed by atoms with E-state index in [1.165, 1.54) is 0 Å². The predicted molar refractivity (Wildman–Crippen MR) is 58.6 cm³/mol. The molecule has 14 heavy (non-hydrogen) atoms. The third kappa shape index (κ3) is 3.93. The molecule has 0 radical (unpaired) electrons. The summed E-state index contributed by atoms with van der Waals surface area (Å²) in [5.41, 5.74) is 0. The number of aliphatic hydroxyl groups is 1. The Kier molecular flexibility index (Phi) is 5.32. The normalized spacial score (nSPS) is 10.1. The molecule has 0 saturated carbocycles. The number of nitrogens with one attached hydrogen (secondary N) is 1. The van der Waals surface area contributed by atoms with Crippen molar-refractivity contribution in [3.05, 3.63) is 12.4 Å². The first-order valence-corrected chi connectivity index (χ1v) is 5.65. The largest absolute Gasteiger partial charge is 0.396 e. The molecule has 0 amide bonds. The highest BCUT2D eigenvalue weighted by Gasteiger charge is 1.98. The molecule has 78 valence electrons. The van der Waals surface area contributed by atoms with Gasteiger partial charge in [-0.25, -0.2) is 4.98 Å². The summed E-state index contributed by atoms with van der Waals surface area (Å²) in [4.78, 5) is 8.42. The first-order chi connectivity index (χ1) is 6.86. The fourth-order valence-corrected chi connectivity index (χ4v) is 1.71. The Balaban J connectivity index is 2.46. The van der Waals surface area contributed by atoms with Crippen molar-refractivity contribution in [2.24, 2.45) is 0 Å². The molecule has 0 aliphatic heterocycles. The van der Waals surface area contributed by atoms with Gasteiger partial charge in [-0.3, -0.25) is 4.98 Å². The van der Waals surface area contributed by atoms with Crippen molar-refractivity contribution in [2.75, 3.05) is 24.2 Å². The molecule has 0 aliphatic rings. The van der Waals surface area contributed by atoms with E-state index in [9.17, 15) is 0 Å². The maximum atomic E-state index is 8.62. The average Bonchev–Trinajstić information content (AvgIpc) is 2.19. The predicted octanol–water partition coefficient (Wildman–Crippen LogP) is 1.38. The standard InChI is InChI=1S/C9H15N3OS/c1-2-11-8-6-10-7-9(12-8)14-5-3-4-13/h6-7,13H,2-5H2,1H3,(H,11,12). The van der Waals surface area contributed by atoms with Crippen LogP contribution in [0.3, 0.4) is 0 Å². The van der Waals surface area contributed by atoms with Gasteiger partial charge in [0.05, 0.1) is 12.4 Å². The van der Waals surface area contributed by atoms with E-state index < -0.39 is 0 Å². The SMILES string of the molecule is CCNc1cncc(SCCCO)n1. The van der Waals surface area contributed by atoms with E-state index in [2.05, 4.69) is 15.3 Å². The van der Waals surface area contributed by atoms with Crippen molar-refractivity contribution in [2.45, 2.75) is 18.4 Å². The van der Waals surface area contributed by atoms with Gasteiger partial charge < -0.3 is 10.4 Å². The molecule has 1 aromatic heterocycles. The van der Waals surface area contributed by atoms with Gasteiger partial charge in [-0.2, -0.15) is 0 Å². The van der Waals surface area contributed by atoms with Crippen molar-refractivity contribution >= 4 is 17.6 Å². The minimum Gasteiger partial charge on any atom is -0.396 e. The number of hydrogen-bond acceptors (Lipinski definition) is 5. The summed E-state index contributed by atoms with van der Waals surface area (Å²) in [5, 5.41) is 12.6. The maximum Gasteiger partial charge on any atom is 0.145 e. The van der Waals surface area contributed by atoms with Gasteiger partial charge in [-0.1, -0.05) is 0 Å². The van der Waals surface area contributed by atoms with Crippen molar-refractivity contribution in [1.82, 2.24) is 9.97 Å². The van der Waals surface area contributed by atoms with E-state index in [1.807, 2.05) is 6.92 Å². The summed E-state index contributed by atoms with van der Waals surface area (Å²) in [6.45, 7) is 3.10. The Morgan fingerprint density at radius 2 is 2.36 bits per heavy atom. The Morgan fingerprint density at radius 1 is 1.50 bits per heavy atom. The molecule has 5 heteroatoms. The highest BCUT2D eigenvalue weighted by molar-refractivity contribution is 7.99. The molecule has 1 aromatic rings. The van der Waals surface area contributed by atoms with E-state index in [-0.39, 0.29) is 6.61 Å². The van der Waals surface area contributed by atoms with E-state index >= 15 is 0 Å². The van der Waals surface area contributed by atoms with Crippen molar-refractivity contribution < 1.29 is 5.11 Å². The lowest BCUT2D eigenvalue weighted by Gasteiger charge is -2.03. The molecule has 0 fully saturated rings. The average molecular weight is 213 g/mol. The lowest BCUT2D eigenvalue weighted by molar-refractivity contribution is 0.296. The Bertz CT molecular complexity index is 270. The van der Waals surface area contributed by atoms with Crippen LogP contribution in [-0.4, -0.2) is 34.0 Å². The third-order valence-electron chi connectivity index (χ3n) is 1.52. The molecule has 4 nitrogen and oxygen atoms in total. The smallest absolute Gasteiger partial charge is 0.145 e. The highest BCUT2D eigenvalue weighted by atomic mass is 32.2. The molecule has 0 saturated heterocycles. The number of anilines is 1. The summed E-state index contributed by atoms with van der Waals surface area (Å²) in [7, 11) is 0. The zero-order chi connectivity index (χ0) is 10.2. The summed E-state index contributed by atoms with van der Waals surface area (Å²) in [6, 6.07) is 0. The molecule has 0 atom stereocenters. The van der Waals surface area contributed by atoms with Gasteiger partial charge in [0.25, 0.3) is 0 Å². The molecule has 2 N–H and O–H groups in total. The monoisotopic (exact) mass is 213 g/mol. The Morgan fingerprint density at radius 3 is 3.07 bits per heavy atom. The fraction of sp³-hybridized carbons (Fsp3) is 0.556. The zero-order valence-electron chi connectivity index (χ0n) is 8.23. The van der Waals surface area contributed by atoms with Crippen LogP contribution in [-0.2, 0) is 0 Å². The summed E-state index contributed by atoms with van der Waals surface area (Å²) < 4.78 is 0. The van der Waals surface area contributed by atoms with E-state index in [0.29, 0.717) is 0 Å². The third-order valence-corrected chi connectivity index (χ3v) is 2.51. The van der Waals surface area contributed by atoms with Crippen LogP contribution in [0.4, 0.5) is 5.82 Å². The number of aliphatic hydroxyl groups excluding tert-OH is 1. The fourth-order valence-electron chi connectivity index (χ4n) is 0.925. The summed E-state index contributed by atoms with van der Waals surface area (Å²) in [5.74, 6) is 1.68. The van der Waals surface area contributed by atoms with E-state index in [0.717, 1.165) is 29.6 Å². The molecule has 0 aromatic carbocycles. The van der Waals surface area contributed by atoms with Gasteiger partial charge >= 0.3 is 0 Å². The van der Waals surface area contributed by atoms with E-state index in [4.69, 9.17) is 5.11 Å². The summed E-state index contributed by atoms with van der Waals surface area (Å²) >= 11 is 1.61. The second-order valence-electron chi connectivity index (χ2n) is 2.70. The first-order valence-electron chi connectivity index (χ1n) is 4.66. The van der Waals surface area contributed by atoms with Crippen molar-refractivity contribution in [3.8, 4) is 0 Å². The molecule has 0 unspecified atom stereocenters. The Hall–Kier alpha value is -0.810. The van der Waals surface area contributed by atoms with Crippen LogP contribution in [0.15, 0.2) is 17.4 Å². The number of aromatic nitrogens is 2. The molecule has 0 bridgehead atoms. The van der Waals surface area contributed by atoms with Gasteiger partial charge in [0.15, 0.2) is 0 Å². The highest BCUT2D eigenvalue weighted by Crippen LogP contribution is 2.16. The van der Waals surface area contributed by atoms with Crippen molar-refractivity contribution in [3.63, 3.8) is 0 Å². The van der Waals surface area contributed by atoms with Gasteiger partial charge in [-0.15, -0.1) is 11.8 Å². The Labute approximate surface area is 88.2 Å². The van der Waals surface area contributed by atoms with Crippen LogP contribution in [0.1, 0.15) is 13.3 Å². The van der Waals surface area contributed by atoms with E-state index in [1.54, 1.807) is 24.2 Å². The minimum absolute atomic E-state index is 0.229. The summed E-state index contributed by atoms with van der Waals surface area (Å²) in [6.07, 6.45) is 4.24. The number of hydrogen-bond donors (Lipinski definition) is 2. The lowest BCUT2D eigenvalue weighted by Crippen LogP contribution is -2.00. The maximum absolute atomic E-state index is 8.62. The van der Waals surface area contributed by atoms with Crippen LogP contribution in [0.2, 0.25) is 0 Å². The van der Waals surface area contributed by atoms with Crippen LogP contribution in [0, 0.1) is 0 Å². The first kappa shape index (κ1) is 11.3. The molecule has 1 rings (SSSR count). The second-order valence-corrected chi connectivity index (χ2v) is 3.81. The second kappa shape index (κ2) is 6.62. The number of rotatable bonds is 6. The van der Waals surface area contributed by atoms with Crippen LogP contribution < -0.4 is 5.32 Å². The van der Waals surface area contributed by atoms with Crippen molar-refractivity contribution in [1.29, 1.82) is 0 Å². The zero-order valence-corrected chi connectivity index (χ0v) is 9.05. The van der Waals surface area contributed by atoms with Gasteiger partial charge in [0.2, 0.25) is 0 Å². The number of nitrogens with zero attached hydrogens (tertiary/aromatic N) is 2. The van der Waals surface area contributed by atoms with Gasteiger partial charge in [0.1, 0.15) is 10.8 Å². The van der Waals surface area contributed by atoms with Crippen LogP contribution >= 0.6 is 11.8 Å². The van der Waals surface area contributed by atoms with Crippen LogP contribution in [0.5, 0.6) is 0 Å². The minimum atomic E-state index is 0.229. The molecule has 1 heterocycles. The molecular weight excluding hydrogens is 198 g/mol. The van der Waals surface area contributed by atoms with Gasteiger partial charge in [-0.05, 0) is 13.3 Å². The quantitative estimate of drug-likeness (QED) is 0.552.